The van der Waals surface area contributed by atoms with Crippen LogP contribution in [0.15, 0.2) is 88.0 Å². The average molecular weight is 923 g/mol. The van der Waals surface area contributed by atoms with E-state index >= 15 is 0 Å². The molecular weight excluding hydrogens is 871 g/mol. The molecule has 62 heavy (non-hydrogen) atoms. The fourth-order valence-corrected chi connectivity index (χ4v) is 9.16. The minimum atomic E-state index is -4.32. The van der Waals surface area contributed by atoms with Crippen LogP contribution in [0.25, 0.3) is 17.4 Å². The molecule has 5 rings (SSSR count). The molecule has 18 nitrogen and oxygen atoms in total. The van der Waals surface area contributed by atoms with E-state index < -0.39 is 59.3 Å². The summed E-state index contributed by atoms with van der Waals surface area (Å²) in [5.41, 5.74) is 2.58. The number of aromatic nitrogens is 1. The molecule has 3 heterocycles. The fraction of sp³-hybridized carbons (Fsp3) is 0.415. The zero-order valence-corrected chi connectivity index (χ0v) is 37.0. The van der Waals surface area contributed by atoms with Crippen molar-refractivity contribution in [3.05, 3.63) is 95.2 Å². The van der Waals surface area contributed by atoms with Crippen molar-refractivity contribution in [3.63, 3.8) is 0 Å². The second-order valence-electron chi connectivity index (χ2n) is 14.9. The van der Waals surface area contributed by atoms with E-state index in [1.54, 1.807) is 19.2 Å². The quantitative estimate of drug-likeness (QED) is 0.0373. The van der Waals surface area contributed by atoms with Crippen LogP contribution in [-0.4, -0.2) is 107 Å². The van der Waals surface area contributed by atoms with Gasteiger partial charge in [0.15, 0.2) is 6.54 Å². The van der Waals surface area contributed by atoms with Crippen molar-refractivity contribution in [1.29, 1.82) is 0 Å². The Morgan fingerprint density at radius 1 is 0.855 bits per heavy atom. The van der Waals surface area contributed by atoms with Gasteiger partial charge in [0.05, 0.1) is 35.8 Å². The number of hydrogen-bond donors (Lipinski definition) is 4. The first-order chi connectivity index (χ1) is 29.3. The maximum absolute atomic E-state index is 12.9. The number of carbonyl (C=O) groups is 1. The summed E-state index contributed by atoms with van der Waals surface area (Å²) in [5, 5.41) is 20.3. The van der Waals surface area contributed by atoms with Gasteiger partial charge in [-0.1, -0.05) is 18.6 Å². The van der Waals surface area contributed by atoms with Gasteiger partial charge in [0.1, 0.15) is 18.9 Å². The first-order valence-electron chi connectivity index (χ1n) is 19.7. The number of methoxy groups -OCH3 is 1. The van der Waals surface area contributed by atoms with Crippen LogP contribution in [0, 0.1) is 0 Å². The standard InChI is InChI=1S/C41H51N3O15S3/c1-41(20-8-26-60(48,49)50)34-29-32(62(54,55)57-3)14-16-35(34)43(22-6-4-5-12-40(47)59-44-38(45)17-18-39(44)46)37(41)11-7-10-30-19-24-58-36-28-31(13-15-33(30)36)42(23-25-56-2)21-9-27-61(51,52)53/h7,10-11,13-19,24,28-29H,4-6,8-9,12,20-23,25-27H2,1-3H3,(H3-,45,46,48,49,50,51,52,53)/p+1. The predicted octanol–water partition coefficient (Wildman–Crippen LogP) is 4.19. The summed E-state index contributed by atoms with van der Waals surface area (Å²) in [6, 6.07) is 14.3. The third-order valence-corrected chi connectivity index (χ3v) is 13.4. The van der Waals surface area contributed by atoms with Gasteiger partial charge < -0.3 is 29.1 Å². The number of rotatable bonds is 22. The first-order valence-corrected chi connectivity index (χ1v) is 24.3. The van der Waals surface area contributed by atoms with Gasteiger partial charge in [-0.25, -0.2) is 9.37 Å². The summed E-state index contributed by atoms with van der Waals surface area (Å²) in [7, 11) is -9.95. The van der Waals surface area contributed by atoms with Gasteiger partial charge >= 0.3 is 5.97 Å². The van der Waals surface area contributed by atoms with Crippen molar-refractivity contribution in [2.24, 2.45) is 0 Å². The van der Waals surface area contributed by atoms with E-state index in [1.807, 2.05) is 52.8 Å². The van der Waals surface area contributed by atoms with Crippen molar-refractivity contribution in [2.45, 2.75) is 62.2 Å². The van der Waals surface area contributed by atoms with Crippen LogP contribution >= 0.6 is 0 Å². The minimum absolute atomic E-state index is 0.0112. The minimum Gasteiger partial charge on any atom is -0.492 e. The van der Waals surface area contributed by atoms with E-state index in [2.05, 4.69) is 0 Å². The molecule has 0 spiro atoms. The predicted molar refractivity (Wildman–Crippen MR) is 229 cm³/mol. The lowest BCUT2D eigenvalue weighted by atomic mass is 9.77. The van der Waals surface area contributed by atoms with Crippen LogP contribution in [0.3, 0.4) is 0 Å². The molecule has 0 amide bonds. The summed E-state index contributed by atoms with van der Waals surface area (Å²) >= 11 is 0. The molecule has 2 aliphatic heterocycles. The SMILES string of the molecule is COCC[N+](CCCS(=O)(=O)O)=c1ccc2c(C=CC=C3N(CCCCCC(=O)On4c(O)ccc4O)c4ccc(S(=O)(=O)OC)cc4C3(C)CCCS(=O)(=O)O)ccoc-2c1. The number of carbonyl (C=O) groups excluding carboxylic acids is 1. The molecule has 21 heteroatoms. The molecule has 1 atom stereocenters. The zero-order chi connectivity index (χ0) is 45.3. The molecular formula is C41H52N3O15S3+. The largest absolute Gasteiger partial charge is 0.492 e. The number of fused-ring (bicyclic) bond motifs is 2. The van der Waals surface area contributed by atoms with Crippen molar-refractivity contribution >= 4 is 48.1 Å². The highest BCUT2D eigenvalue weighted by atomic mass is 32.2. The average Bonchev–Trinajstić information content (AvgIpc) is 3.64. The number of aromatic hydroxyl groups is 2. The van der Waals surface area contributed by atoms with Gasteiger partial charge in [-0.2, -0.15) is 25.3 Å². The first kappa shape index (κ1) is 48.0. The zero-order valence-electron chi connectivity index (χ0n) is 34.5. The monoisotopic (exact) mass is 922 g/mol. The Bertz CT molecular complexity index is 2650. The summed E-state index contributed by atoms with van der Waals surface area (Å²) in [6.45, 7) is 3.45. The van der Waals surface area contributed by atoms with Crippen molar-refractivity contribution in [2.75, 3.05) is 56.9 Å². The highest BCUT2D eigenvalue weighted by Crippen LogP contribution is 2.51. The molecule has 338 valence electrons. The van der Waals surface area contributed by atoms with Gasteiger partial charge in [-0.15, -0.1) is 4.73 Å². The second kappa shape index (κ2) is 20.4. The summed E-state index contributed by atoms with van der Waals surface area (Å²) < 4.78 is 110. The lowest BCUT2D eigenvalue weighted by molar-refractivity contribution is -0.145. The van der Waals surface area contributed by atoms with Crippen LogP contribution in [0.2, 0.25) is 0 Å². The molecule has 1 aromatic carbocycles. The van der Waals surface area contributed by atoms with Gasteiger partial charge in [-0.3, -0.25) is 13.3 Å². The Kier molecular flexibility index (Phi) is 15.8. The second-order valence-corrected chi connectivity index (χ2v) is 19.7. The highest BCUT2D eigenvalue weighted by molar-refractivity contribution is 7.86. The molecule has 0 saturated heterocycles. The molecule has 1 aliphatic carbocycles. The molecule has 0 saturated carbocycles. The summed E-state index contributed by atoms with van der Waals surface area (Å²) in [5.74, 6) is -1.90. The summed E-state index contributed by atoms with van der Waals surface area (Å²) in [6.07, 6.45) is 9.04. The van der Waals surface area contributed by atoms with E-state index in [4.69, 9.17) is 18.2 Å². The third kappa shape index (κ3) is 12.3. The van der Waals surface area contributed by atoms with Crippen LogP contribution in [-0.2, 0) is 49.5 Å². The maximum Gasteiger partial charge on any atom is 0.333 e. The molecule has 0 bridgehead atoms. The third-order valence-electron chi connectivity index (χ3n) is 10.6. The normalized spacial score (nSPS) is 17.0. The fourth-order valence-electron chi connectivity index (χ4n) is 7.47. The van der Waals surface area contributed by atoms with Gasteiger partial charge in [0.25, 0.3) is 30.4 Å². The number of unbranched alkanes of at least 4 members (excludes halogenated alkanes) is 2. The molecule has 0 radical (unpaired) electrons. The van der Waals surface area contributed by atoms with Crippen LogP contribution in [0.5, 0.6) is 11.8 Å². The van der Waals surface area contributed by atoms with Crippen molar-refractivity contribution < 1.29 is 67.5 Å². The Hall–Kier alpha value is -5.03. The van der Waals surface area contributed by atoms with Gasteiger partial charge in [-0.05, 0) is 80.1 Å². The Balaban J connectivity index is 1.48. The Labute approximate surface area is 360 Å². The molecule has 2 aromatic rings. The van der Waals surface area contributed by atoms with E-state index in [0.717, 1.165) is 29.3 Å². The Morgan fingerprint density at radius 3 is 2.24 bits per heavy atom. The summed E-state index contributed by atoms with van der Waals surface area (Å²) in [4.78, 5) is 19.4. The number of ether oxygens (including phenoxy) is 1. The lowest BCUT2D eigenvalue weighted by Gasteiger charge is -2.30. The highest BCUT2D eigenvalue weighted by Gasteiger charge is 2.43. The number of anilines is 1. The number of allylic oxidation sites excluding steroid dienone is 3. The smallest absolute Gasteiger partial charge is 0.333 e. The Morgan fingerprint density at radius 2 is 1.56 bits per heavy atom. The molecule has 1 unspecified atom stereocenters. The number of nitrogens with zero attached hydrogens (tertiary/aromatic N) is 3. The number of benzene rings is 2. The van der Waals surface area contributed by atoms with Crippen molar-refractivity contribution in [1.82, 2.24) is 9.31 Å². The molecule has 1 aromatic heterocycles. The topological polar surface area (TPSA) is 252 Å². The van der Waals surface area contributed by atoms with E-state index in [0.29, 0.717) is 67.2 Å². The lowest BCUT2D eigenvalue weighted by Crippen LogP contribution is -2.34. The van der Waals surface area contributed by atoms with E-state index in [-0.39, 0.29) is 36.3 Å². The van der Waals surface area contributed by atoms with Crippen molar-refractivity contribution in [3.8, 4) is 23.1 Å². The number of hydrogen-bond acceptors (Lipinski definition) is 14. The van der Waals surface area contributed by atoms with E-state index in [9.17, 15) is 49.4 Å². The van der Waals surface area contributed by atoms with E-state index in [1.165, 1.54) is 30.5 Å². The van der Waals surface area contributed by atoms with Crippen LogP contribution in [0.1, 0.15) is 63.0 Å². The molecule has 3 aliphatic rings. The van der Waals surface area contributed by atoms with Gasteiger partial charge in [0.2, 0.25) is 17.1 Å². The van der Waals surface area contributed by atoms with Crippen LogP contribution < -0.4 is 19.7 Å². The van der Waals surface area contributed by atoms with Gasteiger partial charge in [0, 0.05) is 67.1 Å². The molecule has 0 fully saturated rings. The van der Waals surface area contributed by atoms with Crippen LogP contribution in [0.4, 0.5) is 5.69 Å². The molecule has 4 N–H and O–H groups in total. The maximum atomic E-state index is 12.9.